The monoisotopic (exact) mass is 452 g/mol. The molecule has 33 heavy (non-hydrogen) atoms. The van der Waals surface area contributed by atoms with Crippen molar-refractivity contribution in [2.75, 3.05) is 28.4 Å². The van der Waals surface area contributed by atoms with E-state index in [-0.39, 0.29) is 17.9 Å². The summed E-state index contributed by atoms with van der Waals surface area (Å²) in [4.78, 5) is 28.9. The van der Waals surface area contributed by atoms with Crippen LogP contribution in [0.15, 0.2) is 36.4 Å². The van der Waals surface area contributed by atoms with Gasteiger partial charge < -0.3 is 24.4 Å². The Bertz CT molecular complexity index is 1010. The van der Waals surface area contributed by atoms with Gasteiger partial charge in [-0.25, -0.2) is 0 Å². The molecule has 2 aliphatic rings. The molecule has 0 aromatic heterocycles. The largest absolute Gasteiger partial charge is 0.497 e. The second kappa shape index (κ2) is 9.73. The molecule has 0 bridgehead atoms. The zero-order chi connectivity index (χ0) is 23.5. The van der Waals surface area contributed by atoms with Gasteiger partial charge >= 0.3 is 0 Å². The number of hydrogen-bond donors (Lipinski definition) is 1. The van der Waals surface area contributed by atoms with Gasteiger partial charge in [-0.1, -0.05) is 31.4 Å². The molecular formula is C26H32N2O5. The zero-order valence-corrected chi connectivity index (χ0v) is 19.7. The van der Waals surface area contributed by atoms with Gasteiger partial charge in [0.15, 0.2) is 11.5 Å². The minimum atomic E-state index is -0.585. The van der Waals surface area contributed by atoms with Gasteiger partial charge in [-0.3, -0.25) is 9.59 Å². The smallest absolute Gasteiger partial charge is 0.254 e. The molecule has 2 atom stereocenters. The van der Waals surface area contributed by atoms with Gasteiger partial charge in [0.2, 0.25) is 5.91 Å². The fourth-order valence-electron chi connectivity index (χ4n) is 5.09. The van der Waals surface area contributed by atoms with E-state index in [0.29, 0.717) is 22.6 Å². The van der Waals surface area contributed by atoms with E-state index in [0.717, 1.165) is 37.0 Å². The van der Waals surface area contributed by atoms with Gasteiger partial charge in [0.25, 0.3) is 5.91 Å². The zero-order valence-electron chi connectivity index (χ0n) is 19.7. The maximum atomic E-state index is 13.8. The third kappa shape index (κ3) is 4.36. The van der Waals surface area contributed by atoms with E-state index >= 15 is 0 Å². The molecule has 1 fully saturated rings. The van der Waals surface area contributed by atoms with Crippen molar-refractivity contribution < 1.29 is 23.8 Å². The van der Waals surface area contributed by atoms with Crippen molar-refractivity contribution in [3.8, 4) is 17.2 Å². The summed E-state index contributed by atoms with van der Waals surface area (Å²) in [5.74, 6) is 0.866. The van der Waals surface area contributed by atoms with E-state index < -0.39 is 12.0 Å². The number of carbonyl (C=O) groups excluding carboxylic acids is 2. The van der Waals surface area contributed by atoms with Crippen LogP contribution in [0.5, 0.6) is 17.2 Å². The first-order valence-corrected chi connectivity index (χ1v) is 11.5. The number of fused-ring (bicyclic) bond motifs is 1. The summed E-state index contributed by atoms with van der Waals surface area (Å²) < 4.78 is 16.2. The van der Waals surface area contributed by atoms with Gasteiger partial charge in [-0.2, -0.15) is 0 Å². The average Bonchev–Trinajstić information content (AvgIpc) is 2.85. The summed E-state index contributed by atoms with van der Waals surface area (Å²) in [6.45, 7) is 0. The molecule has 4 rings (SSSR count). The Balaban J connectivity index is 1.82. The molecule has 2 aromatic rings. The first kappa shape index (κ1) is 23.0. The molecule has 1 N–H and O–H groups in total. The highest BCUT2D eigenvalue weighted by atomic mass is 16.5. The van der Waals surface area contributed by atoms with Gasteiger partial charge in [0.05, 0.1) is 33.3 Å². The average molecular weight is 453 g/mol. The van der Waals surface area contributed by atoms with Crippen LogP contribution in [-0.2, 0) is 4.79 Å². The van der Waals surface area contributed by atoms with Crippen LogP contribution in [0.2, 0.25) is 0 Å². The van der Waals surface area contributed by atoms with Crippen LogP contribution in [0.3, 0.4) is 0 Å². The van der Waals surface area contributed by atoms with Crippen molar-refractivity contribution in [1.29, 1.82) is 0 Å². The third-order valence-electron chi connectivity index (χ3n) is 6.87. The van der Waals surface area contributed by atoms with Crippen LogP contribution >= 0.6 is 0 Å². The summed E-state index contributed by atoms with van der Waals surface area (Å²) >= 11 is 0. The summed E-state index contributed by atoms with van der Waals surface area (Å²) in [5, 5.41) is 3.28. The quantitative estimate of drug-likeness (QED) is 0.715. The van der Waals surface area contributed by atoms with Crippen molar-refractivity contribution in [2.24, 2.45) is 0 Å². The number of amides is 2. The maximum absolute atomic E-state index is 13.8. The Hall–Kier alpha value is -3.22. The molecule has 176 valence electrons. The van der Waals surface area contributed by atoms with Crippen LogP contribution < -0.4 is 19.5 Å². The molecule has 2 amide bonds. The summed E-state index contributed by atoms with van der Waals surface area (Å²) in [6, 6.07) is 10.7. The predicted molar refractivity (Wildman–Crippen MR) is 125 cm³/mol. The molecule has 2 aromatic carbocycles. The predicted octanol–water partition coefficient (Wildman–Crippen LogP) is 4.07. The Morgan fingerprint density at radius 2 is 1.58 bits per heavy atom. The lowest BCUT2D eigenvalue weighted by Gasteiger charge is -2.40. The molecule has 1 saturated carbocycles. The van der Waals surface area contributed by atoms with E-state index in [1.54, 1.807) is 38.3 Å². The first-order chi connectivity index (χ1) is 16.0. The van der Waals surface area contributed by atoms with Gasteiger partial charge in [0.1, 0.15) is 5.75 Å². The minimum Gasteiger partial charge on any atom is -0.497 e. The Morgan fingerprint density at radius 3 is 2.18 bits per heavy atom. The Labute approximate surface area is 195 Å². The van der Waals surface area contributed by atoms with E-state index in [1.807, 2.05) is 24.3 Å². The molecule has 7 nitrogen and oxygen atoms in total. The van der Waals surface area contributed by atoms with E-state index in [1.165, 1.54) is 13.5 Å². The molecule has 0 radical (unpaired) electrons. The van der Waals surface area contributed by atoms with Crippen LogP contribution in [0.1, 0.15) is 65.5 Å². The molecule has 0 saturated heterocycles. The van der Waals surface area contributed by atoms with Crippen molar-refractivity contribution >= 4 is 11.8 Å². The van der Waals surface area contributed by atoms with Crippen molar-refractivity contribution in [3.63, 3.8) is 0 Å². The number of rotatable bonds is 6. The van der Waals surface area contributed by atoms with Gasteiger partial charge in [-0.15, -0.1) is 0 Å². The molecule has 1 aliphatic carbocycles. The molecule has 0 spiro atoms. The number of nitrogens with zero attached hydrogens (tertiary/aromatic N) is 1. The number of benzene rings is 2. The van der Waals surface area contributed by atoms with Crippen LogP contribution in [0, 0.1) is 0 Å². The fourth-order valence-corrected chi connectivity index (χ4v) is 5.09. The van der Waals surface area contributed by atoms with Crippen molar-refractivity contribution in [1.82, 2.24) is 10.2 Å². The van der Waals surface area contributed by atoms with Gasteiger partial charge in [-0.05, 0) is 48.2 Å². The van der Waals surface area contributed by atoms with E-state index in [2.05, 4.69) is 5.32 Å². The highest BCUT2D eigenvalue weighted by Crippen LogP contribution is 2.46. The summed E-state index contributed by atoms with van der Waals surface area (Å²) in [6.07, 6.45) is 5.43. The molecule has 1 heterocycles. The lowest BCUT2D eigenvalue weighted by molar-refractivity contribution is -0.125. The number of ether oxygens (including phenoxy) is 3. The summed E-state index contributed by atoms with van der Waals surface area (Å²) in [5.41, 5.74) is 1.99. The number of hydrogen-bond acceptors (Lipinski definition) is 5. The summed E-state index contributed by atoms with van der Waals surface area (Å²) in [7, 11) is 6.45. The van der Waals surface area contributed by atoms with Crippen molar-refractivity contribution in [2.45, 2.75) is 50.1 Å². The van der Waals surface area contributed by atoms with E-state index in [9.17, 15) is 9.59 Å². The normalized spacial score (nSPS) is 20.7. The van der Waals surface area contributed by atoms with Crippen LogP contribution in [-0.4, -0.2) is 51.1 Å². The van der Waals surface area contributed by atoms with Crippen LogP contribution in [0.25, 0.3) is 0 Å². The topological polar surface area (TPSA) is 77.1 Å². The van der Waals surface area contributed by atoms with Crippen molar-refractivity contribution in [3.05, 3.63) is 53.1 Å². The third-order valence-corrected chi connectivity index (χ3v) is 6.87. The highest BCUT2D eigenvalue weighted by Gasteiger charge is 2.44. The highest BCUT2D eigenvalue weighted by molar-refractivity contribution is 6.02. The van der Waals surface area contributed by atoms with E-state index in [4.69, 9.17) is 14.2 Å². The first-order valence-electron chi connectivity index (χ1n) is 11.5. The Kier molecular flexibility index (Phi) is 6.77. The maximum Gasteiger partial charge on any atom is 0.254 e. The second-order valence-electron chi connectivity index (χ2n) is 8.75. The van der Waals surface area contributed by atoms with Crippen LogP contribution in [0.4, 0.5) is 0 Å². The lowest BCUT2D eigenvalue weighted by Crippen LogP contribution is -2.48. The minimum absolute atomic E-state index is 0.0736. The lowest BCUT2D eigenvalue weighted by atomic mass is 9.78. The SMILES string of the molecule is COc1ccc([C@@H]2[C@@H](C(=O)NC3CCCCC3)c3cc(OC)c(OC)cc3C(=O)N2C)cc1. The fraction of sp³-hybridized carbons (Fsp3) is 0.462. The second-order valence-corrected chi connectivity index (χ2v) is 8.75. The standard InChI is InChI=1S/C26H32N2O5/c1-28-24(16-10-12-18(31-2)13-11-16)23(25(29)27-17-8-6-5-7-9-17)19-14-21(32-3)22(33-4)15-20(19)26(28)30/h10-15,17,23-24H,5-9H2,1-4H3,(H,27,29)/t23-,24+/m0/s1. The molecular weight excluding hydrogens is 420 g/mol. The number of likely N-dealkylation sites (N-methyl/N-ethyl adjacent to an activating group) is 1. The Morgan fingerprint density at radius 1 is 0.939 bits per heavy atom. The molecule has 1 aliphatic heterocycles. The molecule has 7 heteroatoms. The number of carbonyl (C=O) groups is 2. The number of nitrogens with one attached hydrogen (secondary N) is 1. The number of methoxy groups -OCH3 is 3. The molecule has 0 unspecified atom stereocenters. The van der Waals surface area contributed by atoms with Gasteiger partial charge in [0, 0.05) is 18.7 Å².